The summed E-state index contributed by atoms with van der Waals surface area (Å²) < 4.78 is 58.9. The summed E-state index contributed by atoms with van der Waals surface area (Å²) in [6.07, 6.45) is -1.10. The molecule has 1 fully saturated rings. The van der Waals surface area contributed by atoms with Crippen LogP contribution in [0.2, 0.25) is 0 Å². The number of imide groups is 1. The highest BCUT2D eigenvalue weighted by molar-refractivity contribution is 6.12. The molecular weight excluding hydrogens is 782 g/mol. The minimum absolute atomic E-state index is 0.00684. The molecule has 0 spiro atoms. The Bertz CT molecular complexity index is 2510. The summed E-state index contributed by atoms with van der Waals surface area (Å²) in [5, 5.41) is 19.2. The number of aryl methyl sites for hydroxylation is 1. The molecule has 15 nitrogen and oxygen atoms in total. The first-order valence-corrected chi connectivity index (χ1v) is 19.3. The Hall–Kier alpha value is -6.14. The average Bonchev–Trinajstić information content (AvgIpc) is 3.90. The van der Waals surface area contributed by atoms with Crippen LogP contribution in [0.3, 0.4) is 0 Å². The van der Waals surface area contributed by atoms with Crippen molar-refractivity contribution in [2.45, 2.75) is 90.3 Å². The first-order valence-electron chi connectivity index (χ1n) is 19.3. The van der Waals surface area contributed by atoms with E-state index >= 15 is 4.39 Å². The number of aromatic nitrogens is 7. The predicted octanol–water partition coefficient (Wildman–Crippen LogP) is 7.00. The van der Waals surface area contributed by atoms with Gasteiger partial charge in [-0.15, -0.1) is 0 Å². The van der Waals surface area contributed by atoms with Crippen molar-refractivity contribution in [1.82, 2.24) is 39.6 Å². The number of pyridine rings is 1. The minimum Gasteiger partial charge on any atom is -0.443 e. The van der Waals surface area contributed by atoms with Gasteiger partial charge in [0.25, 0.3) is 6.43 Å². The van der Waals surface area contributed by atoms with E-state index in [1.165, 1.54) is 18.7 Å². The summed E-state index contributed by atoms with van der Waals surface area (Å²) in [6, 6.07) is 14.0. The van der Waals surface area contributed by atoms with E-state index in [0.29, 0.717) is 27.1 Å². The number of hydrogen-bond acceptors (Lipinski definition) is 12. The van der Waals surface area contributed by atoms with Gasteiger partial charge in [0.2, 0.25) is 0 Å². The number of carbonyl (C=O) groups is 2. The van der Waals surface area contributed by atoms with Crippen molar-refractivity contribution >= 4 is 45.8 Å². The second-order valence-electron chi connectivity index (χ2n) is 16.8. The number of carbonyl (C=O) groups excluding carboxylic acids is 2. The number of anilines is 2. The largest absolute Gasteiger partial charge is 0.443 e. The minimum atomic E-state index is -3.02. The van der Waals surface area contributed by atoms with Crippen molar-refractivity contribution < 1.29 is 37.3 Å². The first kappa shape index (κ1) is 42.0. The van der Waals surface area contributed by atoms with Crippen molar-refractivity contribution in [2.75, 3.05) is 22.9 Å². The maximum absolute atomic E-state index is 15.8. The summed E-state index contributed by atoms with van der Waals surface area (Å²) in [5.41, 5.74) is 0.00764. The summed E-state index contributed by atoms with van der Waals surface area (Å²) >= 11 is 0. The molecule has 18 heteroatoms. The van der Waals surface area contributed by atoms with E-state index in [4.69, 9.17) is 9.47 Å². The maximum Gasteiger partial charge on any atom is 0.425 e. The fraction of sp³-hybridized carbons (Fsp3) is 0.405. The number of imidazole rings is 1. The first-order chi connectivity index (χ1) is 28.3. The number of benzene rings is 2. The molecule has 4 aromatic heterocycles. The topological polar surface area (TPSA) is 166 Å². The van der Waals surface area contributed by atoms with Gasteiger partial charge in [0.1, 0.15) is 29.5 Å². The third-order valence-electron chi connectivity index (χ3n) is 10.1. The molecule has 0 bridgehead atoms. The molecule has 5 heterocycles. The van der Waals surface area contributed by atoms with Crippen molar-refractivity contribution in [1.29, 1.82) is 0 Å². The molecule has 2 amide bonds. The Morgan fingerprint density at radius 1 is 0.967 bits per heavy atom. The number of halogens is 3. The lowest BCUT2D eigenvalue weighted by Crippen LogP contribution is -2.58. The smallest absolute Gasteiger partial charge is 0.425 e. The number of alkyl halides is 2. The Labute approximate surface area is 344 Å². The fourth-order valence-corrected chi connectivity index (χ4v) is 7.26. The van der Waals surface area contributed by atoms with Crippen molar-refractivity contribution in [3.8, 4) is 11.3 Å². The molecule has 2 atom stereocenters. The van der Waals surface area contributed by atoms with Crippen molar-refractivity contribution in [3.63, 3.8) is 0 Å². The average molecular weight is 829 g/mol. The molecule has 1 aliphatic rings. The zero-order chi connectivity index (χ0) is 43.1. The lowest BCUT2D eigenvalue weighted by atomic mass is 9.90. The number of fused-ring (bicyclic) bond motifs is 2. The Balaban J connectivity index is 1.31. The third kappa shape index (κ3) is 8.74. The highest BCUT2D eigenvalue weighted by Gasteiger charge is 2.48. The number of ether oxygens (including phenoxy) is 2. The van der Waals surface area contributed by atoms with E-state index in [-0.39, 0.29) is 60.8 Å². The van der Waals surface area contributed by atoms with Crippen LogP contribution in [-0.2, 0) is 29.6 Å². The summed E-state index contributed by atoms with van der Waals surface area (Å²) in [6.45, 7) is 10.5. The Kier molecular flexibility index (Phi) is 11.3. The molecule has 0 radical (unpaired) electrons. The molecule has 0 aliphatic carbocycles. The number of rotatable bonds is 10. The predicted molar refractivity (Wildman–Crippen MR) is 218 cm³/mol. The van der Waals surface area contributed by atoms with Crippen LogP contribution in [0.5, 0.6) is 0 Å². The zero-order valence-electron chi connectivity index (χ0n) is 34.4. The molecule has 1 aliphatic heterocycles. The molecule has 60 heavy (non-hydrogen) atoms. The number of aliphatic hydroxyl groups excluding tert-OH is 1. The normalized spacial score (nSPS) is 16.5. The monoisotopic (exact) mass is 828 g/mol. The number of nitrogens with zero attached hydrogens (tertiary/aromatic N) is 9. The molecule has 7 rings (SSSR count). The Morgan fingerprint density at radius 3 is 2.33 bits per heavy atom. The lowest BCUT2D eigenvalue weighted by Gasteiger charge is -2.35. The van der Waals surface area contributed by atoms with Crippen LogP contribution in [0.25, 0.3) is 33.3 Å². The fourth-order valence-electron chi connectivity index (χ4n) is 7.26. The highest BCUT2D eigenvalue weighted by atomic mass is 19.3. The quantitative estimate of drug-likeness (QED) is 0.145. The zero-order valence-corrected chi connectivity index (χ0v) is 34.4. The van der Waals surface area contributed by atoms with Crippen LogP contribution in [0.1, 0.15) is 59.1 Å². The van der Waals surface area contributed by atoms with Crippen molar-refractivity contribution in [2.24, 2.45) is 7.05 Å². The Morgan fingerprint density at radius 2 is 1.67 bits per heavy atom. The molecule has 0 unspecified atom stereocenters. The summed E-state index contributed by atoms with van der Waals surface area (Å²) in [7, 11) is 1.72. The van der Waals surface area contributed by atoms with Gasteiger partial charge in [-0.1, -0.05) is 30.3 Å². The van der Waals surface area contributed by atoms with Gasteiger partial charge in [-0.2, -0.15) is 10.00 Å². The van der Waals surface area contributed by atoms with E-state index in [9.17, 15) is 23.5 Å². The second kappa shape index (κ2) is 16.1. The number of nitrogens with one attached hydrogen (secondary N) is 1. The van der Waals surface area contributed by atoms with Crippen LogP contribution in [0.4, 0.5) is 34.3 Å². The van der Waals surface area contributed by atoms with Crippen molar-refractivity contribution in [3.05, 3.63) is 90.5 Å². The molecular formula is C42H47F3N10O5. The van der Waals surface area contributed by atoms with E-state index in [0.717, 1.165) is 5.56 Å². The second-order valence-corrected chi connectivity index (χ2v) is 16.8. The molecule has 1 saturated heterocycles. The van der Waals surface area contributed by atoms with E-state index in [1.807, 2.05) is 35.2 Å². The van der Waals surface area contributed by atoms with Gasteiger partial charge in [0, 0.05) is 43.7 Å². The van der Waals surface area contributed by atoms with Gasteiger partial charge in [-0.3, -0.25) is 9.67 Å². The summed E-state index contributed by atoms with van der Waals surface area (Å²) in [4.78, 5) is 47.6. The van der Waals surface area contributed by atoms with Crippen LogP contribution in [0, 0.1) is 5.82 Å². The van der Waals surface area contributed by atoms with Gasteiger partial charge in [0.05, 0.1) is 47.7 Å². The summed E-state index contributed by atoms with van der Waals surface area (Å²) in [5.74, 6) is -0.711. The SMILES string of the molecule is Cn1ncc2cc(-c3cc(Cn4cnc5c(N(C(=O)OC(C)(C)C)C(=O)OC(C)(C)C)ncnc54)c(N4CC[C@](NCc5ccccc5)([C@H](O)C(F)F)C4)cn3)c(F)cc21. The van der Waals surface area contributed by atoms with E-state index < -0.39 is 47.3 Å². The number of hydrogen-bond donors (Lipinski definition) is 2. The van der Waals surface area contributed by atoms with Gasteiger partial charge >= 0.3 is 12.2 Å². The van der Waals surface area contributed by atoms with Crippen LogP contribution in [0.15, 0.2) is 73.6 Å². The lowest BCUT2D eigenvalue weighted by molar-refractivity contribution is -0.0555. The number of amides is 2. The van der Waals surface area contributed by atoms with Gasteiger partial charge < -0.3 is 29.4 Å². The molecule has 2 N–H and O–H groups in total. The van der Waals surface area contributed by atoms with Gasteiger partial charge in [-0.25, -0.2) is 37.7 Å². The molecule has 6 aromatic rings. The molecule has 2 aromatic carbocycles. The van der Waals surface area contributed by atoms with Gasteiger partial charge in [-0.05, 0) is 71.2 Å². The molecule has 316 valence electrons. The van der Waals surface area contributed by atoms with Crippen LogP contribution < -0.4 is 15.1 Å². The highest BCUT2D eigenvalue weighted by Crippen LogP contribution is 2.37. The van der Waals surface area contributed by atoms with Crippen LogP contribution >= 0.6 is 0 Å². The standard InChI is InChI=1S/C42H47F3N10O5/c1-40(2,3)59-38(57)55(39(58)60-41(4,5)6)37-33-36(47-23-48-37)54(24-49-33)21-27-16-30(28-15-26-19-51-52(7)31(26)17-29(28)43)46-20-32(27)53-14-13-42(22-53,34(56)35(44)45)50-18-25-11-9-8-10-12-25/h8-12,15-17,19-20,23-24,34-35,50,56H,13-14,18,21-22H2,1-7H3/t34-,42-/m1/s1. The molecule has 0 saturated carbocycles. The number of aliphatic hydroxyl groups is 1. The van der Waals surface area contributed by atoms with Gasteiger partial charge in [0.15, 0.2) is 17.0 Å². The van der Waals surface area contributed by atoms with E-state index in [1.54, 1.807) is 82.4 Å². The third-order valence-corrected chi connectivity index (χ3v) is 10.1. The van der Waals surface area contributed by atoms with Crippen LogP contribution in [-0.4, -0.2) is 93.9 Å². The maximum atomic E-state index is 15.8. The van der Waals surface area contributed by atoms with E-state index in [2.05, 4.69) is 30.4 Å².